The summed E-state index contributed by atoms with van der Waals surface area (Å²) in [7, 11) is 1.91. The zero-order chi connectivity index (χ0) is 15.1. The Morgan fingerprint density at radius 2 is 1.95 bits per heavy atom. The zero-order valence-electron chi connectivity index (χ0n) is 12.1. The average Bonchev–Trinajstić information content (AvgIpc) is 3.09. The fourth-order valence-electron chi connectivity index (χ4n) is 2.82. The van der Waals surface area contributed by atoms with Gasteiger partial charge in [0.2, 0.25) is 5.91 Å². The highest BCUT2D eigenvalue weighted by atomic mass is 16.1. The number of fused-ring (bicyclic) bond motifs is 1. The minimum Gasteiger partial charge on any atom is -0.326 e. The molecule has 0 aliphatic carbocycles. The second kappa shape index (κ2) is 4.80. The van der Waals surface area contributed by atoms with Crippen molar-refractivity contribution in [3.63, 3.8) is 0 Å². The van der Waals surface area contributed by atoms with E-state index in [1.165, 1.54) is 0 Å². The number of hydrogen-bond acceptors (Lipinski definition) is 3. The predicted octanol–water partition coefficient (Wildman–Crippen LogP) is 2.64. The Labute approximate surface area is 127 Å². The van der Waals surface area contributed by atoms with Crippen molar-refractivity contribution >= 4 is 11.6 Å². The van der Waals surface area contributed by atoms with Crippen LogP contribution in [-0.2, 0) is 18.3 Å². The first-order valence-corrected chi connectivity index (χ1v) is 7.08. The van der Waals surface area contributed by atoms with Gasteiger partial charge >= 0.3 is 0 Å². The first kappa shape index (κ1) is 12.8. The van der Waals surface area contributed by atoms with Crippen molar-refractivity contribution in [3.05, 3.63) is 54.5 Å². The molecule has 5 nitrogen and oxygen atoms in total. The van der Waals surface area contributed by atoms with E-state index in [1.807, 2.05) is 42.2 Å². The molecule has 0 saturated carbocycles. The monoisotopic (exact) mass is 290 g/mol. The summed E-state index contributed by atoms with van der Waals surface area (Å²) in [5.41, 5.74) is 6.00. The third-order valence-corrected chi connectivity index (χ3v) is 3.82. The molecule has 0 bridgehead atoms. The zero-order valence-corrected chi connectivity index (χ0v) is 12.1. The van der Waals surface area contributed by atoms with Gasteiger partial charge in [0.25, 0.3) is 0 Å². The number of benzene rings is 1. The van der Waals surface area contributed by atoms with Gasteiger partial charge in [0, 0.05) is 42.5 Å². The molecule has 3 aromatic rings. The highest BCUT2D eigenvalue weighted by molar-refractivity contribution is 6.00. The quantitative estimate of drug-likeness (QED) is 0.789. The second-order valence-electron chi connectivity index (χ2n) is 5.40. The van der Waals surface area contributed by atoms with Gasteiger partial charge in [-0.05, 0) is 35.4 Å². The van der Waals surface area contributed by atoms with Gasteiger partial charge in [0.15, 0.2) is 0 Å². The van der Waals surface area contributed by atoms with E-state index >= 15 is 0 Å². The molecule has 0 radical (unpaired) electrons. The topological polar surface area (TPSA) is 59.8 Å². The molecule has 0 fully saturated rings. The van der Waals surface area contributed by atoms with E-state index in [-0.39, 0.29) is 5.91 Å². The van der Waals surface area contributed by atoms with Crippen molar-refractivity contribution < 1.29 is 4.79 Å². The van der Waals surface area contributed by atoms with Gasteiger partial charge in [-0.15, -0.1) is 0 Å². The van der Waals surface area contributed by atoms with E-state index < -0.39 is 0 Å². The number of carbonyl (C=O) groups is 1. The lowest BCUT2D eigenvalue weighted by Gasteiger charge is -2.05. The number of carbonyl (C=O) groups excluding carboxylic acids is 1. The molecule has 1 aliphatic rings. The molecule has 4 rings (SSSR count). The summed E-state index contributed by atoms with van der Waals surface area (Å²) in [5, 5.41) is 7.43. The van der Waals surface area contributed by atoms with Crippen LogP contribution in [0.4, 0.5) is 5.69 Å². The molecule has 1 aliphatic heterocycles. The molecule has 0 spiro atoms. The Morgan fingerprint density at radius 1 is 1.14 bits per heavy atom. The fourth-order valence-corrected chi connectivity index (χ4v) is 2.82. The van der Waals surface area contributed by atoms with Crippen LogP contribution < -0.4 is 5.32 Å². The van der Waals surface area contributed by atoms with Crippen LogP contribution in [0.15, 0.2) is 48.9 Å². The number of anilines is 1. The molecule has 3 heterocycles. The number of nitrogens with zero attached hydrogens (tertiary/aromatic N) is 3. The average molecular weight is 290 g/mol. The van der Waals surface area contributed by atoms with Crippen LogP contribution >= 0.6 is 0 Å². The van der Waals surface area contributed by atoms with Crippen LogP contribution in [0.1, 0.15) is 5.56 Å². The van der Waals surface area contributed by atoms with Crippen molar-refractivity contribution in [3.8, 4) is 22.4 Å². The highest BCUT2D eigenvalue weighted by Crippen LogP contribution is 2.34. The first-order chi connectivity index (χ1) is 10.7. The van der Waals surface area contributed by atoms with E-state index in [1.54, 1.807) is 12.4 Å². The van der Waals surface area contributed by atoms with Crippen molar-refractivity contribution in [2.45, 2.75) is 6.42 Å². The van der Waals surface area contributed by atoms with E-state index in [2.05, 4.69) is 21.5 Å². The molecular weight excluding hydrogens is 276 g/mol. The molecular formula is C17H14N4O. The summed E-state index contributed by atoms with van der Waals surface area (Å²) >= 11 is 0. The van der Waals surface area contributed by atoms with Gasteiger partial charge in [-0.2, -0.15) is 5.10 Å². The second-order valence-corrected chi connectivity index (χ2v) is 5.40. The van der Waals surface area contributed by atoms with E-state index in [9.17, 15) is 4.79 Å². The Bertz CT molecular complexity index is 868. The number of aryl methyl sites for hydroxylation is 1. The van der Waals surface area contributed by atoms with Crippen LogP contribution in [-0.4, -0.2) is 20.7 Å². The summed E-state index contributed by atoms with van der Waals surface area (Å²) in [6.07, 6.45) is 5.97. The van der Waals surface area contributed by atoms with E-state index in [0.29, 0.717) is 6.42 Å². The fraction of sp³-hybridized carbons (Fsp3) is 0.118. The minimum atomic E-state index is 0.0488. The summed E-state index contributed by atoms with van der Waals surface area (Å²) < 4.78 is 1.81. The lowest BCUT2D eigenvalue weighted by molar-refractivity contribution is -0.115. The highest BCUT2D eigenvalue weighted by Gasteiger charge is 2.19. The van der Waals surface area contributed by atoms with Crippen molar-refractivity contribution in [1.82, 2.24) is 14.8 Å². The maximum atomic E-state index is 11.5. The van der Waals surface area contributed by atoms with Gasteiger partial charge in [0.1, 0.15) is 5.69 Å². The number of hydrogen-bond donors (Lipinski definition) is 1. The SMILES string of the molecule is Cn1cc(-c2ccc3c(c2)CC(=O)N3)c(-c2ccncc2)n1. The van der Waals surface area contributed by atoms with Crippen molar-refractivity contribution in [2.75, 3.05) is 5.32 Å². The third kappa shape index (κ3) is 2.07. The van der Waals surface area contributed by atoms with Gasteiger partial charge < -0.3 is 5.32 Å². The Hall–Kier alpha value is -2.95. The molecule has 0 saturated heterocycles. The molecule has 1 N–H and O–H groups in total. The summed E-state index contributed by atoms with van der Waals surface area (Å²) in [6, 6.07) is 9.94. The summed E-state index contributed by atoms with van der Waals surface area (Å²) in [6.45, 7) is 0. The maximum absolute atomic E-state index is 11.5. The smallest absolute Gasteiger partial charge is 0.228 e. The van der Waals surface area contributed by atoms with Crippen LogP contribution in [0.2, 0.25) is 0 Å². The molecule has 5 heteroatoms. The standard InChI is InChI=1S/C17H14N4O/c1-21-10-14(17(20-21)11-4-6-18-7-5-11)12-2-3-15-13(8-12)9-16(22)19-15/h2-8,10H,9H2,1H3,(H,19,22). The molecule has 0 unspecified atom stereocenters. The largest absolute Gasteiger partial charge is 0.326 e. The maximum Gasteiger partial charge on any atom is 0.228 e. The molecule has 1 amide bonds. The Balaban J connectivity index is 1.84. The van der Waals surface area contributed by atoms with Crippen LogP contribution in [0.5, 0.6) is 0 Å². The van der Waals surface area contributed by atoms with Crippen LogP contribution in [0, 0.1) is 0 Å². The Morgan fingerprint density at radius 3 is 2.77 bits per heavy atom. The predicted molar refractivity (Wildman–Crippen MR) is 84.2 cm³/mol. The summed E-state index contributed by atoms with van der Waals surface area (Å²) in [4.78, 5) is 15.6. The number of nitrogens with one attached hydrogen (secondary N) is 1. The molecule has 0 atom stereocenters. The number of aromatic nitrogens is 3. The van der Waals surface area contributed by atoms with Crippen LogP contribution in [0.3, 0.4) is 0 Å². The van der Waals surface area contributed by atoms with Gasteiger partial charge in [0.05, 0.1) is 6.42 Å². The lowest BCUT2D eigenvalue weighted by atomic mass is 9.99. The molecule has 2 aromatic heterocycles. The van der Waals surface area contributed by atoms with Crippen molar-refractivity contribution in [2.24, 2.45) is 7.05 Å². The molecule has 1 aromatic carbocycles. The number of amides is 1. The van der Waals surface area contributed by atoms with E-state index in [4.69, 9.17) is 0 Å². The number of pyridine rings is 1. The summed E-state index contributed by atoms with van der Waals surface area (Å²) in [5.74, 6) is 0.0488. The van der Waals surface area contributed by atoms with Gasteiger partial charge in [-0.3, -0.25) is 14.5 Å². The Kier molecular flexibility index (Phi) is 2.79. The van der Waals surface area contributed by atoms with Crippen LogP contribution in [0.25, 0.3) is 22.4 Å². The van der Waals surface area contributed by atoms with Crippen molar-refractivity contribution in [1.29, 1.82) is 0 Å². The van der Waals surface area contributed by atoms with Gasteiger partial charge in [-0.1, -0.05) is 6.07 Å². The molecule has 108 valence electrons. The van der Waals surface area contributed by atoms with E-state index in [0.717, 1.165) is 33.6 Å². The minimum absolute atomic E-state index is 0.0488. The van der Waals surface area contributed by atoms with Gasteiger partial charge in [-0.25, -0.2) is 0 Å². The molecule has 22 heavy (non-hydrogen) atoms. The lowest BCUT2D eigenvalue weighted by Crippen LogP contribution is -2.03. The normalized spacial score (nSPS) is 13.0. The number of rotatable bonds is 2. The third-order valence-electron chi connectivity index (χ3n) is 3.82. The first-order valence-electron chi connectivity index (χ1n) is 7.08.